The maximum atomic E-state index is 5.23. The molecule has 0 bridgehead atoms. The van der Waals surface area contributed by atoms with Crippen LogP contribution in [0.5, 0.6) is 5.75 Å². The third-order valence-electron chi connectivity index (χ3n) is 4.81. The quantitative estimate of drug-likeness (QED) is 0.920. The Morgan fingerprint density at radius 3 is 2.48 bits per heavy atom. The Balaban J connectivity index is 1.54. The predicted molar refractivity (Wildman–Crippen MR) is 87.3 cm³/mol. The normalized spacial score (nSPS) is 24.6. The Morgan fingerprint density at radius 1 is 1.00 bits per heavy atom. The Morgan fingerprint density at radius 2 is 1.76 bits per heavy atom. The molecule has 116 valence electrons. The fourth-order valence-electron chi connectivity index (χ4n) is 3.50. The van der Waals surface area contributed by atoms with Gasteiger partial charge in [-0.3, -0.25) is 4.90 Å². The molecule has 0 aromatic heterocycles. The number of hydrogen-bond donors (Lipinski definition) is 1. The summed E-state index contributed by atoms with van der Waals surface area (Å²) in [5.74, 6) is 0.934. The van der Waals surface area contributed by atoms with Gasteiger partial charge in [0.1, 0.15) is 5.75 Å². The van der Waals surface area contributed by atoms with Crippen LogP contribution in [0.25, 0.3) is 0 Å². The van der Waals surface area contributed by atoms with Gasteiger partial charge in [-0.05, 0) is 56.6 Å². The van der Waals surface area contributed by atoms with E-state index in [2.05, 4.69) is 39.4 Å². The summed E-state index contributed by atoms with van der Waals surface area (Å²) in [6.07, 6.45) is 3.99. The molecule has 0 spiro atoms. The van der Waals surface area contributed by atoms with Crippen molar-refractivity contribution in [2.75, 3.05) is 51.3 Å². The number of nitrogens with one attached hydrogen (secondary N) is 1. The Bertz CT molecular complexity index is 418. The molecule has 2 fully saturated rings. The zero-order chi connectivity index (χ0) is 14.5. The van der Waals surface area contributed by atoms with Crippen LogP contribution in [0.15, 0.2) is 24.3 Å². The van der Waals surface area contributed by atoms with Crippen LogP contribution in [0.1, 0.15) is 19.3 Å². The van der Waals surface area contributed by atoms with Crippen LogP contribution in [-0.4, -0.2) is 57.3 Å². The third-order valence-corrected chi connectivity index (χ3v) is 4.81. The molecule has 1 N–H and O–H groups in total. The summed E-state index contributed by atoms with van der Waals surface area (Å²) in [6, 6.07) is 9.24. The predicted octanol–water partition coefficient (Wildman–Crippen LogP) is 1.96. The lowest BCUT2D eigenvalue weighted by atomic mass is 10.1. The minimum Gasteiger partial charge on any atom is -0.497 e. The Hall–Kier alpha value is -1.26. The van der Waals surface area contributed by atoms with Crippen molar-refractivity contribution in [3.05, 3.63) is 24.3 Å². The highest BCUT2D eigenvalue weighted by Gasteiger charge is 2.24. The highest BCUT2D eigenvalue weighted by molar-refractivity contribution is 5.49. The summed E-state index contributed by atoms with van der Waals surface area (Å²) in [6.45, 7) is 7.03. The van der Waals surface area contributed by atoms with Crippen molar-refractivity contribution in [1.82, 2.24) is 10.2 Å². The van der Waals surface area contributed by atoms with E-state index in [1.165, 1.54) is 51.1 Å². The number of nitrogens with zero attached hydrogens (tertiary/aromatic N) is 2. The van der Waals surface area contributed by atoms with Gasteiger partial charge in [0.25, 0.3) is 0 Å². The average Bonchev–Trinajstić information content (AvgIpc) is 2.84. The van der Waals surface area contributed by atoms with Gasteiger partial charge in [-0.2, -0.15) is 0 Å². The van der Waals surface area contributed by atoms with Gasteiger partial charge in [-0.25, -0.2) is 0 Å². The third kappa shape index (κ3) is 3.69. The second-order valence-electron chi connectivity index (χ2n) is 6.06. The molecule has 2 heterocycles. The molecule has 21 heavy (non-hydrogen) atoms. The SMILES string of the molecule is COc1ccc(N2CCN(C3CCCNCC3)CC2)cc1. The molecule has 2 aliphatic rings. The maximum Gasteiger partial charge on any atom is 0.119 e. The van der Waals surface area contributed by atoms with Crippen LogP contribution in [0.4, 0.5) is 5.69 Å². The smallest absolute Gasteiger partial charge is 0.119 e. The van der Waals surface area contributed by atoms with Crippen molar-refractivity contribution in [2.45, 2.75) is 25.3 Å². The minimum absolute atomic E-state index is 0.790. The molecule has 4 heteroatoms. The van der Waals surface area contributed by atoms with Crippen LogP contribution < -0.4 is 15.0 Å². The Labute approximate surface area is 128 Å². The number of piperazine rings is 1. The summed E-state index contributed by atoms with van der Waals surface area (Å²) < 4.78 is 5.23. The second kappa shape index (κ2) is 7.14. The van der Waals surface area contributed by atoms with Crippen molar-refractivity contribution in [2.24, 2.45) is 0 Å². The summed E-state index contributed by atoms with van der Waals surface area (Å²) in [7, 11) is 1.72. The van der Waals surface area contributed by atoms with E-state index < -0.39 is 0 Å². The molecule has 0 saturated carbocycles. The number of anilines is 1. The first-order valence-corrected chi connectivity index (χ1v) is 8.20. The number of rotatable bonds is 3. The first kappa shape index (κ1) is 14.7. The molecule has 0 aliphatic carbocycles. The first-order valence-electron chi connectivity index (χ1n) is 8.20. The average molecular weight is 289 g/mol. The molecule has 0 radical (unpaired) electrons. The van der Waals surface area contributed by atoms with Crippen molar-refractivity contribution in [3.63, 3.8) is 0 Å². The second-order valence-corrected chi connectivity index (χ2v) is 6.06. The summed E-state index contributed by atoms with van der Waals surface area (Å²) in [5.41, 5.74) is 1.32. The van der Waals surface area contributed by atoms with Crippen LogP contribution >= 0.6 is 0 Å². The molecular weight excluding hydrogens is 262 g/mol. The number of benzene rings is 1. The molecule has 2 aliphatic heterocycles. The molecule has 3 rings (SSSR count). The lowest BCUT2D eigenvalue weighted by Crippen LogP contribution is -2.50. The zero-order valence-electron chi connectivity index (χ0n) is 13.1. The van der Waals surface area contributed by atoms with E-state index in [0.717, 1.165) is 24.9 Å². The van der Waals surface area contributed by atoms with E-state index in [1.54, 1.807) is 7.11 Å². The highest BCUT2D eigenvalue weighted by atomic mass is 16.5. The summed E-state index contributed by atoms with van der Waals surface area (Å²) in [5, 5.41) is 3.51. The van der Waals surface area contributed by atoms with Gasteiger partial charge in [0.2, 0.25) is 0 Å². The van der Waals surface area contributed by atoms with Gasteiger partial charge in [0.05, 0.1) is 7.11 Å². The van der Waals surface area contributed by atoms with E-state index in [0.29, 0.717) is 0 Å². The lowest BCUT2D eigenvalue weighted by molar-refractivity contribution is 0.172. The fourth-order valence-corrected chi connectivity index (χ4v) is 3.50. The lowest BCUT2D eigenvalue weighted by Gasteiger charge is -2.40. The van der Waals surface area contributed by atoms with Gasteiger partial charge in [0.15, 0.2) is 0 Å². The van der Waals surface area contributed by atoms with E-state index in [4.69, 9.17) is 4.74 Å². The van der Waals surface area contributed by atoms with E-state index >= 15 is 0 Å². The van der Waals surface area contributed by atoms with Crippen molar-refractivity contribution >= 4 is 5.69 Å². The number of hydrogen-bond acceptors (Lipinski definition) is 4. The molecule has 1 atom stereocenters. The van der Waals surface area contributed by atoms with Crippen molar-refractivity contribution < 1.29 is 4.74 Å². The van der Waals surface area contributed by atoms with Crippen molar-refractivity contribution in [1.29, 1.82) is 0 Å². The molecule has 0 amide bonds. The van der Waals surface area contributed by atoms with Crippen molar-refractivity contribution in [3.8, 4) is 5.75 Å². The topological polar surface area (TPSA) is 27.7 Å². The van der Waals surface area contributed by atoms with Gasteiger partial charge in [0, 0.05) is 37.9 Å². The molecule has 1 aromatic rings. The van der Waals surface area contributed by atoms with E-state index in [9.17, 15) is 0 Å². The summed E-state index contributed by atoms with van der Waals surface area (Å²) in [4.78, 5) is 5.19. The highest BCUT2D eigenvalue weighted by Crippen LogP contribution is 2.22. The van der Waals surface area contributed by atoms with Crippen LogP contribution in [-0.2, 0) is 0 Å². The largest absolute Gasteiger partial charge is 0.497 e. The van der Waals surface area contributed by atoms with Gasteiger partial charge >= 0.3 is 0 Å². The molecule has 4 nitrogen and oxygen atoms in total. The number of ether oxygens (including phenoxy) is 1. The first-order chi connectivity index (χ1) is 10.4. The summed E-state index contributed by atoms with van der Waals surface area (Å²) >= 11 is 0. The molecule has 1 aromatic carbocycles. The van der Waals surface area contributed by atoms with Crippen LogP contribution in [0.3, 0.4) is 0 Å². The minimum atomic E-state index is 0.790. The standard InChI is InChI=1S/C17H27N3O/c1-21-17-6-4-16(5-7-17)20-13-11-19(12-14-20)15-3-2-9-18-10-8-15/h4-7,15,18H,2-3,8-14H2,1H3. The van der Waals surface area contributed by atoms with E-state index in [-0.39, 0.29) is 0 Å². The molecule has 1 unspecified atom stereocenters. The van der Waals surface area contributed by atoms with Gasteiger partial charge in [-0.1, -0.05) is 0 Å². The van der Waals surface area contributed by atoms with Crippen LogP contribution in [0, 0.1) is 0 Å². The van der Waals surface area contributed by atoms with Gasteiger partial charge < -0.3 is 15.0 Å². The number of methoxy groups -OCH3 is 1. The molecule has 2 saturated heterocycles. The zero-order valence-corrected chi connectivity index (χ0v) is 13.1. The van der Waals surface area contributed by atoms with Gasteiger partial charge in [-0.15, -0.1) is 0 Å². The molecular formula is C17H27N3O. The monoisotopic (exact) mass is 289 g/mol. The fraction of sp³-hybridized carbons (Fsp3) is 0.647. The van der Waals surface area contributed by atoms with Crippen LogP contribution in [0.2, 0.25) is 0 Å². The maximum absolute atomic E-state index is 5.23. The Kier molecular flexibility index (Phi) is 4.99. The van der Waals surface area contributed by atoms with E-state index in [1.807, 2.05) is 0 Å².